The molecule has 236 valence electrons. The van der Waals surface area contributed by atoms with Crippen LogP contribution in [0.4, 0.5) is 0 Å². The van der Waals surface area contributed by atoms with Gasteiger partial charge in [0.1, 0.15) is 0 Å². The third-order valence-corrected chi connectivity index (χ3v) is 10.6. The van der Waals surface area contributed by atoms with Crippen LogP contribution < -0.4 is 4.74 Å². The van der Waals surface area contributed by atoms with Crippen LogP contribution in [0.15, 0.2) is 53.6 Å². The summed E-state index contributed by atoms with van der Waals surface area (Å²) in [5, 5.41) is 32.9. The molecule has 2 fully saturated rings. The predicted octanol–water partition coefficient (Wildman–Crippen LogP) is 6.59. The van der Waals surface area contributed by atoms with E-state index in [1.54, 1.807) is 6.07 Å². The summed E-state index contributed by atoms with van der Waals surface area (Å²) >= 11 is 2.08. The molecule has 0 bridgehead atoms. The zero-order valence-corrected chi connectivity index (χ0v) is 28.0. The lowest BCUT2D eigenvalue weighted by atomic mass is 9.66. The summed E-state index contributed by atoms with van der Waals surface area (Å²) in [4.78, 5) is 29.1. The zero-order chi connectivity index (χ0) is 31.5. The molecule has 2 aromatic rings. The predicted molar refractivity (Wildman–Crippen MR) is 180 cm³/mol. The number of fused-ring (bicyclic) bond motifs is 1. The Balaban J connectivity index is 1.45. The van der Waals surface area contributed by atoms with E-state index < -0.39 is 23.9 Å². The Morgan fingerprint density at radius 3 is 2.43 bits per heavy atom. The number of carbonyl (C=O) groups excluding carboxylic acids is 2. The van der Waals surface area contributed by atoms with Crippen LogP contribution in [-0.2, 0) is 9.59 Å². The van der Waals surface area contributed by atoms with E-state index in [2.05, 4.69) is 36.4 Å². The topological polar surface area (TPSA) is 107 Å². The van der Waals surface area contributed by atoms with E-state index in [4.69, 9.17) is 4.74 Å². The number of carbonyl (C=O) groups is 2. The first kappa shape index (κ1) is 32.7. The minimum Gasteiger partial charge on any atom is -0.504 e. The summed E-state index contributed by atoms with van der Waals surface area (Å²) in [6.45, 7) is 3.84. The summed E-state index contributed by atoms with van der Waals surface area (Å²) < 4.78 is 6.05. The maximum atomic E-state index is 13.9. The van der Waals surface area contributed by atoms with Crippen molar-refractivity contribution in [3.8, 4) is 11.5 Å². The molecular formula is C36H44INO6. The SMILES string of the molecule is COc1cc(/C=C(/CC[C@@H](O)C2=C(C(C)C)C[C@H]3C(=O)N(C4CCCCC4)C(=O)[C@H]3[C@H]2CO)c2ccccc2)cc(I)c1O. The van der Waals surface area contributed by atoms with E-state index in [0.717, 1.165) is 60.0 Å². The van der Waals surface area contributed by atoms with Crippen molar-refractivity contribution in [1.29, 1.82) is 0 Å². The molecule has 0 spiro atoms. The van der Waals surface area contributed by atoms with Gasteiger partial charge in [-0.25, -0.2) is 0 Å². The molecule has 2 aliphatic carbocycles. The van der Waals surface area contributed by atoms with Gasteiger partial charge in [-0.15, -0.1) is 0 Å². The van der Waals surface area contributed by atoms with E-state index in [0.29, 0.717) is 28.6 Å². The van der Waals surface area contributed by atoms with Crippen molar-refractivity contribution in [3.05, 3.63) is 68.3 Å². The number of rotatable bonds is 10. The van der Waals surface area contributed by atoms with Gasteiger partial charge in [-0.05, 0) is 95.0 Å². The number of methoxy groups -OCH3 is 1. The van der Waals surface area contributed by atoms with Gasteiger partial charge in [0.15, 0.2) is 11.5 Å². The number of imide groups is 1. The second-order valence-corrected chi connectivity index (χ2v) is 13.9. The normalized spacial score (nSPS) is 23.8. The lowest BCUT2D eigenvalue weighted by molar-refractivity contribution is -0.143. The molecule has 44 heavy (non-hydrogen) atoms. The van der Waals surface area contributed by atoms with Crippen LogP contribution >= 0.6 is 22.6 Å². The number of halogens is 1. The van der Waals surface area contributed by atoms with Gasteiger partial charge in [0, 0.05) is 12.0 Å². The molecule has 8 heteroatoms. The smallest absolute Gasteiger partial charge is 0.234 e. The highest BCUT2D eigenvalue weighted by molar-refractivity contribution is 14.1. The maximum absolute atomic E-state index is 13.9. The van der Waals surface area contributed by atoms with Crippen LogP contribution in [0.2, 0.25) is 0 Å². The van der Waals surface area contributed by atoms with E-state index in [-0.39, 0.29) is 36.1 Å². The standard InChI is InChI=1S/C36H44INO6/c1-21(2)26-19-27-33(36(43)38(35(27)42)25-12-8-5-9-13-25)28(20-39)32(26)30(40)15-14-24(23-10-6-4-7-11-23)16-22-17-29(37)34(41)31(18-22)44-3/h4,6-7,10-11,16-18,21,25,27-28,30,33,39-41H,5,8-9,12-15,19-20H2,1-3H3/b24-16-/t27-,28+,30-,33-/m1/s1. The van der Waals surface area contributed by atoms with Gasteiger partial charge in [0.05, 0.1) is 35.2 Å². The molecule has 0 unspecified atom stereocenters. The van der Waals surface area contributed by atoms with Crippen LogP contribution in [0.1, 0.15) is 76.3 Å². The largest absolute Gasteiger partial charge is 0.504 e. The molecule has 4 atom stereocenters. The first-order valence-corrected chi connectivity index (χ1v) is 16.9. The third kappa shape index (κ3) is 6.49. The second kappa shape index (κ2) is 14.2. The maximum Gasteiger partial charge on any atom is 0.234 e. The number of likely N-dealkylation sites (tertiary alicyclic amines) is 1. The lowest BCUT2D eigenvalue weighted by Crippen LogP contribution is -2.42. The van der Waals surface area contributed by atoms with Gasteiger partial charge >= 0.3 is 0 Å². The van der Waals surface area contributed by atoms with Gasteiger partial charge in [-0.1, -0.05) is 75.1 Å². The Morgan fingerprint density at radius 2 is 1.80 bits per heavy atom. The van der Waals surface area contributed by atoms with Crippen molar-refractivity contribution in [2.24, 2.45) is 23.7 Å². The molecule has 3 aliphatic rings. The van der Waals surface area contributed by atoms with Crippen molar-refractivity contribution in [2.45, 2.75) is 77.4 Å². The fraction of sp³-hybridized carbons (Fsp3) is 0.500. The first-order valence-electron chi connectivity index (χ1n) is 15.9. The molecular weight excluding hydrogens is 669 g/mol. The number of phenols is 1. The summed E-state index contributed by atoms with van der Waals surface area (Å²) in [6.07, 6.45) is 7.42. The fourth-order valence-corrected chi connectivity index (χ4v) is 8.23. The average molecular weight is 714 g/mol. The monoisotopic (exact) mass is 713 g/mol. The van der Waals surface area contributed by atoms with Gasteiger partial charge in [0.25, 0.3) is 0 Å². The van der Waals surface area contributed by atoms with Gasteiger partial charge in [-0.3, -0.25) is 14.5 Å². The molecule has 5 rings (SSSR count). The zero-order valence-electron chi connectivity index (χ0n) is 25.8. The second-order valence-electron chi connectivity index (χ2n) is 12.7. The molecule has 1 heterocycles. The van der Waals surface area contributed by atoms with Crippen molar-refractivity contribution >= 4 is 46.1 Å². The fourth-order valence-electron chi connectivity index (χ4n) is 7.60. The Labute approximate surface area is 274 Å². The average Bonchev–Trinajstić information content (AvgIpc) is 3.29. The number of aliphatic hydroxyl groups excluding tert-OH is 2. The van der Waals surface area contributed by atoms with Gasteiger partial charge < -0.3 is 20.1 Å². The highest BCUT2D eigenvalue weighted by Gasteiger charge is 2.56. The van der Waals surface area contributed by atoms with Crippen LogP contribution in [0, 0.1) is 27.2 Å². The minimum absolute atomic E-state index is 0.0512. The van der Waals surface area contributed by atoms with Crippen LogP contribution in [0.3, 0.4) is 0 Å². The molecule has 0 aromatic heterocycles. The number of hydrogen-bond donors (Lipinski definition) is 3. The van der Waals surface area contributed by atoms with Crippen molar-refractivity contribution in [2.75, 3.05) is 13.7 Å². The number of benzene rings is 2. The molecule has 3 N–H and O–H groups in total. The number of phenolic OH excluding ortho intramolecular Hbond substituents is 1. The Hall–Kier alpha value is -2.69. The Morgan fingerprint density at radius 1 is 1.09 bits per heavy atom. The van der Waals surface area contributed by atoms with Crippen LogP contribution in [0.5, 0.6) is 11.5 Å². The summed E-state index contributed by atoms with van der Waals surface area (Å²) in [5.41, 5.74) is 4.62. The molecule has 0 radical (unpaired) electrons. The number of ether oxygens (including phenoxy) is 1. The summed E-state index contributed by atoms with van der Waals surface area (Å²) in [6, 6.07) is 13.6. The van der Waals surface area contributed by atoms with E-state index in [1.165, 1.54) is 12.0 Å². The first-order chi connectivity index (χ1) is 21.2. The molecule has 1 aliphatic heterocycles. The van der Waals surface area contributed by atoms with Crippen LogP contribution in [-0.4, -0.2) is 57.9 Å². The Bertz CT molecular complexity index is 1430. The number of aromatic hydroxyl groups is 1. The number of allylic oxidation sites excluding steroid dienone is 2. The molecule has 1 saturated carbocycles. The van der Waals surface area contributed by atoms with Crippen molar-refractivity contribution < 1.29 is 29.6 Å². The summed E-state index contributed by atoms with van der Waals surface area (Å²) in [7, 11) is 1.52. The van der Waals surface area contributed by atoms with E-state index >= 15 is 0 Å². The van der Waals surface area contributed by atoms with Gasteiger partial charge in [-0.2, -0.15) is 0 Å². The number of nitrogens with zero attached hydrogens (tertiary/aromatic N) is 1. The van der Waals surface area contributed by atoms with Crippen molar-refractivity contribution in [3.63, 3.8) is 0 Å². The third-order valence-electron chi connectivity index (χ3n) is 9.79. The van der Waals surface area contributed by atoms with Crippen LogP contribution in [0.25, 0.3) is 11.6 Å². The van der Waals surface area contributed by atoms with E-state index in [9.17, 15) is 24.9 Å². The van der Waals surface area contributed by atoms with Gasteiger partial charge in [0.2, 0.25) is 11.8 Å². The Kier molecular flexibility index (Phi) is 10.5. The number of amides is 2. The number of aliphatic hydroxyl groups is 2. The van der Waals surface area contributed by atoms with Crippen molar-refractivity contribution in [1.82, 2.24) is 4.90 Å². The minimum atomic E-state index is -0.876. The highest BCUT2D eigenvalue weighted by atomic mass is 127. The quantitative estimate of drug-likeness (QED) is 0.111. The highest BCUT2D eigenvalue weighted by Crippen LogP contribution is 2.49. The molecule has 2 aromatic carbocycles. The number of hydrogen-bond acceptors (Lipinski definition) is 6. The summed E-state index contributed by atoms with van der Waals surface area (Å²) in [5.74, 6) is -1.38. The molecule has 1 saturated heterocycles. The molecule has 7 nitrogen and oxygen atoms in total. The lowest BCUT2D eigenvalue weighted by Gasteiger charge is -2.38. The van der Waals surface area contributed by atoms with E-state index in [1.807, 2.05) is 42.5 Å². The molecule has 2 amide bonds.